The third-order valence-electron chi connectivity index (χ3n) is 3.55. The molecule has 16 heavy (non-hydrogen) atoms. The summed E-state index contributed by atoms with van der Waals surface area (Å²) in [6, 6.07) is 0. The van der Waals surface area contributed by atoms with E-state index >= 15 is 0 Å². The molecule has 90 valence electrons. The van der Waals surface area contributed by atoms with Gasteiger partial charge in [-0.25, -0.2) is 4.98 Å². The molecule has 1 heterocycles. The van der Waals surface area contributed by atoms with Gasteiger partial charge in [-0.2, -0.15) is 5.10 Å². The highest BCUT2D eigenvalue weighted by molar-refractivity contribution is 4.87. The highest BCUT2D eigenvalue weighted by atomic mass is 16.3. The van der Waals surface area contributed by atoms with Crippen molar-refractivity contribution in [3.63, 3.8) is 0 Å². The Morgan fingerprint density at radius 2 is 2.19 bits per heavy atom. The van der Waals surface area contributed by atoms with E-state index in [1.165, 1.54) is 32.1 Å². The quantitative estimate of drug-likeness (QED) is 0.845. The molecule has 1 saturated carbocycles. The average molecular weight is 223 g/mol. The Kier molecular flexibility index (Phi) is 3.93. The first kappa shape index (κ1) is 11.6. The summed E-state index contributed by atoms with van der Waals surface area (Å²) in [6.07, 6.45) is 9.46. The number of nitrogens with zero attached hydrogens (tertiary/aromatic N) is 3. The molecule has 0 bridgehead atoms. The number of rotatable bonds is 4. The molecule has 2 rings (SSSR count). The lowest BCUT2D eigenvalue weighted by molar-refractivity contribution is 0.127. The van der Waals surface area contributed by atoms with Crippen molar-refractivity contribution in [1.82, 2.24) is 14.8 Å². The Morgan fingerprint density at radius 1 is 1.44 bits per heavy atom. The number of hydrogen-bond donors (Lipinski definition) is 1. The summed E-state index contributed by atoms with van der Waals surface area (Å²) < 4.78 is 1.74. The third-order valence-corrected chi connectivity index (χ3v) is 3.55. The minimum atomic E-state index is -0.258. The Morgan fingerprint density at radius 3 is 2.81 bits per heavy atom. The minimum absolute atomic E-state index is 0.258. The fourth-order valence-electron chi connectivity index (χ4n) is 2.61. The lowest BCUT2D eigenvalue weighted by atomic mass is 9.85. The lowest BCUT2D eigenvalue weighted by Gasteiger charge is -2.23. The van der Waals surface area contributed by atoms with E-state index in [0.717, 1.165) is 18.2 Å². The van der Waals surface area contributed by atoms with Crippen molar-refractivity contribution in [2.45, 2.75) is 51.0 Å². The van der Waals surface area contributed by atoms with E-state index in [-0.39, 0.29) is 6.10 Å². The first-order chi connectivity index (χ1) is 7.75. The highest BCUT2D eigenvalue weighted by Crippen LogP contribution is 2.27. The molecule has 1 aromatic heterocycles. The second kappa shape index (κ2) is 5.43. The summed E-state index contributed by atoms with van der Waals surface area (Å²) in [5.41, 5.74) is 0. The van der Waals surface area contributed by atoms with Gasteiger partial charge in [0.2, 0.25) is 0 Å². The van der Waals surface area contributed by atoms with Gasteiger partial charge in [0.05, 0.1) is 6.10 Å². The summed E-state index contributed by atoms with van der Waals surface area (Å²) in [5, 5.41) is 14.0. The van der Waals surface area contributed by atoms with Gasteiger partial charge in [-0.15, -0.1) is 0 Å². The van der Waals surface area contributed by atoms with Gasteiger partial charge in [0.1, 0.15) is 12.2 Å². The van der Waals surface area contributed by atoms with Crippen LogP contribution in [0.25, 0.3) is 0 Å². The maximum absolute atomic E-state index is 10.0. The van der Waals surface area contributed by atoms with Crippen molar-refractivity contribution in [2.24, 2.45) is 13.0 Å². The van der Waals surface area contributed by atoms with Gasteiger partial charge >= 0.3 is 0 Å². The molecule has 0 saturated heterocycles. The molecule has 0 radical (unpaired) electrons. The molecule has 1 aliphatic carbocycles. The van der Waals surface area contributed by atoms with Gasteiger partial charge in [0, 0.05) is 13.5 Å². The average Bonchev–Trinajstić information content (AvgIpc) is 2.66. The van der Waals surface area contributed by atoms with Crippen LogP contribution in [0.15, 0.2) is 6.33 Å². The van der Waals surface area contributed by atoms with E-state index in [9.17, 15) is 5.11 Å². The Bertz CT molecular complexity index is 318. The number of aromatic nitrogens is 3. The summed E-state index contributed by atoms with van der Waals surface area (Å²) >= 11 is 0. The van der Waals surface area contributed by atoms with E-state index in [4.69, 9.17) is 0 Å². The molecule has 1 fully saturated rings. The maximum atomic E-state index is 10.0. The molecule has 1 unspecified atom stereocenters. The van der Waals surface area contributed by atoms with Crippen molar-refractivity contribution in [3.05, 3.63) is 12.2 Å². The second-order valence-corrected chi connectivity index (χ2v) is 4.90. The van der Waals surface area contributed by atoms with Crippen molar-refractivity contribution < 1.29 is 5.11 Å². The normalized spacial score (nSPS) is 19.9. The van der Waals surface area contributed by atoms with E-state index in [1.807, 2.05) is 7.05 Å². The summed E-state index contributed by atoms with van der Waals surface area (Å²) in [7, 11) is 1.87. The first-order valence-electron chi connectivity index (χ1n) is 6.26. The summed E-state index contributed by atoms with van der Waals surface area (Å²) in [6.45, 7) is 0. The number of aliphatic hydroxyl groups excluding tert-OH is 1. The SMILES string of the molecule is Cn1ncnc1CC(O)CC1CCCCC1. The van der Waals surface area contributed by atoms with Gasteiger partial charge < -0.3 is 5.11 Å². The van der Waals surface area contributed by atoms with Gasteiger partial charge in [0.25, 0.3) is 0 Å². The minimum Gasteiger partial charge on any atom is -0.393 e. The molecule has 1 atom stereocenters. The van der Waals surface area contributed by atoms with E-state index in [1.54, 1.807) is 11.0 Å². The van der Waals surface area contributed by atoms with E-state index in [0.29, 0.717) is 6.42 Å². The van der Waals surface area contributed by atoms with Gasteiger partial charge in [0.15, 0.2) is 0 Å². The molecule has 0 aliphatic heterocycles. The first-order valence-corrected chi connectivity index (χ1v) is 6.26. The van der Waals surface area contributed by atoms with Crippen LogP contribution >= 0.6 is 0 Å². The number of hydrogen-bond acceptors (Lipinski definition) is 3. The van der Waals surface area contributed by atoms with E-state index in [2.05, 4.69) is 10.1 Å². The molecule has 0 spiro atoms. The molecule has 0 amide bonds. The largest absolute Gasteiger partial charge is 0.393 e. The zero-order valence-corrected chi connectivity index (χ0v) is 9.97. The predicted octanol–water partition coefficient (Wildman–Crippen LogP) is 1.69. The van der Waals surface area contributed by atoms with Crippen molar-refractivity contribution in [3.8, 4) is 0 Å². The van der Waals surface area contributed by atoms with Crippen LogP contribution in [0.4, 0.5) is 0 Å². The Labute approximate surface area is 96.7 Å². The van der Waals surface area contributed by atoms with Crippen LogP contribution < -0.4 is 0 Å². The second-order valence-electron chi connectivity index (χ2n) is 4.90. The zero-order valence-electron chi connectivity index (χ0n) is 9.97. The third kappa shape index (κ3) is 3.04. The number of aliphatic hydroxyl groups is 1. The van der Waals surface area contributed by atoms with Crippen LogP contribution in [-0.2, 0) is 13.5 Å². The smallest absolute Gasteiger partial charge is 0.138 e. The summed E-state index contributed by atoms with van der Waals surface area (Å²) in [5.74, 6) is 1.60. The maximum Gasteiger partial charge on any atom is 0.138 e. The fourth-order valence-corrected chi connectivity index (χ4v) is 2.61. The molecule has 1 aromatic rings. The van der Waals surface area contributed by atoms with Crippen LogP contribution in [0.3, 0.4) is 0 Å². The van der Waals surface area contributed by atoms with Crippen LogP contribution in [0, 0.1) is 5.92 Å². The Hall–Kier alpha value is -0.900. The van der Waals surface area contributed by atoms with Gasteiger partial charge in [-0.3, -0.25) is 4.68 Å². The summed E-state index contributed by atoms with van der Waals surface area (Å²) in [4.78, 5) is 4.14. The van der Waals surface area contributed by atoms with Crippen LogP contribution in [0.2, 0.25) is 0 Å². The molecule has 1 aliphatic rings. The Balaban J connectivity index is 1.79. The van der Waals surface area contributed by atoms with E-state index < -0.39 is 0 Å². The topological polar surface area (TPSA) is 50.9 Å². The molecule has 4 heteroatoms. The number of aryl methyl sites for hydroxylation is 1. The van der Waals surface area contributed by atoms with Crippen molar-refractivity contribution in [1.29, 1.82) is 0 Å². The molecule has 4 nitrogen and oxygen atoms in total. The standard InChI is InChI=1S/C12H21N3O/c1-15-12(13-9-14-15)8-11(16)7-10-5-3-2-4-6-10/h9-11,16H,2-8H2,1H3. The van der Waals surface area contributed by atoms with Crippen LogP contribution in [-0.4, -0.2) is 26.0 Å². The lowest BCUT2D eigenvalue weighted by Crippen LogP contribution is -2.20. The zero-order chi connectivity index (χ0) is 11.4. The predicted molar refractivity (Wildman–Crippen MR) is 61.9 cm³/mol. The van der Waals surface area contributed by atoms with Gasteiger partial charge in [-0.05, 0) is 12.3 Å². The van der Waals surface area contributed by atoms with Crippen LogP contribution in [0.1, 0.15) is 44.3 Å². The van der Waals surface area contributed by atoms with Crippen molar-refractivity contribution >= 4 is 0 Å². The van der Waals surface area contributed by atoms with Crippen molar-refractivity contribution in [2.75, 3.05) is 0 Å². The molecule has 0 aromatic carbocycles. The monoisotopic (exact) mass is 223 g/mol. The fraction of sp³-hybridized carbons (Fsp3) is 0.833. The van der Waals surface area contributed by atoms with Gasteiger partial charge in [-0.1, -0.05) is 32.1 Å². The molecular weight excluding hydrogens is 202 g/mol. The molecule has 1 N–H and O–H groups in total. The molecular formula is C12H21N3O. The van der Waals surface area contributed by atoms with Crippen LogP contribution in [0.5, 0.6) is 0 Å². The highest BCUT2D eigenvalue weighted by Gasteiger charge is 2.18.